The second kappa shape index (κ2) is 5.16. The minimum atomic E-state index is -3.31. The van der Waals surface area contributed by atoms with Crippen molar-refractivity contribution < 1.29 is 23.4 Å². The largest absolute Gasteiger partial charge is 0.506 e. The van der Waals surface area contributed by atoms with Crippen LogP contribution in [0.2, 0.25) is 5.02 Å². The van der Waals surface area contributed by atoms with E-state index in [1.54, 1.807) is 0 Å². The topological polar surface area (TPSA) is 58.6 Å². The first-order chi connectivity index (χ1) is 7.92. The van der Waals surface area contributed by atoms with Gasteiger partial charge in [-0.15, -0.1) is 12.4 Å². The van der Waals surface area contributed by atoms with E-state index in [1.807, 2.05) is 5.32 Å². The lowest BCUT2D eigenvalue weighted by Crippen LogP contribution is -2.49. The number of amides is 1. The van der Waals surface area contributed by atoms with Crippen LogP contribution in [0.5, 0.6) is 5.75 Å². The molecule has 1 heterocycles. The fourth-order valence-electron chi connectivity index (χ4n) is 1.58. The van der Waals surface area contributed by atoms with Crippen molar-refractivity contribution in [3.05, 3.63) is 28.8 Å². The zero-order valence-corrected chi connectivity index (χ0v) is 10.4. The maximum absolute atomic E-state index is 13.5. The Morgan fingerprint density at radius 1 is 1.50 bits per heavy atom. The number of benzene rings is 1. The molecule has 1 fully saturated rings. The fraction of sp³-hybridized carbons (Fsp3) is 0.300. The fourth-order valence-corrected chi connectivity index (χ4v) is 1.76. The maximum atomic E-state index is 13.5. The number of carbonyl (C=O) groups is 1. The molecule has 1 aliphatic rings. The molecule has 0 radical (unpaired) electrons. The number of hydrogen-bond acceptors (Lipinski definition) is 3. The number of phenols is 1. The first kappa shape index (κ1) is 14.8. The van der Waals surface area contributed by atoms with Crippen LogP contribution in [-0.4, -0.2) is 23.7 Å². The molecule has 0 spiro atoms. The summed E-state index contributed by atoms with van der Waals surface area (Å²) in [5.74, 6) is -3.78. The molecule has 1 aromatic rings. The van der Waals surface area contributed by atoms with Gasteiger partial charge >= 0.3 is 12.0 Å². The molecule has 0 aliphatic carbocycles. The van der Waals surface area contributed by atoms with E-state index in [-0.39, 0.29) is 23.0 Å². The van der Waals surface area contributed by atoms with Crippen LogP contribution in [0.25, 0.3) is 0 Å². The van der Waals surface area contributed by atoms with Crippen molar-refractivity contribution in [3.63, 3.8) is 0 Å². The van der Waals surface area contributed by atoms with Crippen LogP contribution >= 0.6 is 24.0 Å². The van der Waals surface area contributed by atoms with Crippen molar-refractivity contribution in [2.75, 3.05) is 6.61 Å². The van der Waals surface area contributed by atoms with Crippen molar-refractivity contribution in [1.29, 1.82) is 0 Å². The molecule has 1 atom stereocenters. The van der Waals surface area contributed by atoms with Gasteiger partial charge in [0.05, 0.1) is 5.02 Å². The van der Waals surface area contributed by atoms with Crippen molar-refractivity contribution in [1.82, 2.24) is 5.32 Å². The van der Waals surface area contributed by atoms with Crippen molar-refractivity contribution in [2.24, 2.45) is 0 Å². The molecule has 1 aromatic carbocycles. The zero-order chi connectivity index (χ0) is 12.6. The Balaban J connectivity index is 0.00000162. The first-order valence-corrected chi connectivity index (χ1v) is 5.08. The minimum absolute atomic E-state index is 0. The van der Waals surface area contributed by atoms with E-state index in [9.17, 15) is 18.7 Å². The van der Waals surface area contributed by atoms with Gasteiger partial charge < -0.3 is 15.2 Å². The lowest BCUT2D eigenvalue weighted by Gasteiger charge is -2.32. The predicted molar refractivity (Wildman–Crippen MR) is 62.5 cm³/mol. The number of ether oxygens (including phenoxy) is 1. The molecule has 2 N–H and O–H groups in total. The molecule has 2 rings (SSSR count). The summed E-state index contributed by atoms with van der Waals surface area (Å²) in [5, 5.41) is 11.5. The van der Waals surface area contributed by atoms with Crippen LogP contribution in [0.3, 0.4) is 0 Å². The summed E-state index contributed by atoms with van der Waals surface area (Å²) in [4.78, 5) is 10.9. The van der Waals surface area contributed by atoms with Crippen LogP contribution in [-0.2, 0) is 4.74 Å². The summed E-state index contributed by atoms with van der Waals surface area (Å²) in [7, 11) is 0. The third-order valence-electron chi connectivity index (χ3n) is 2.41. The number of phenolic OH excluding ortho intramolecular Hbond substituents is 1. The molecule has 1 aliphatic heterocycles. The van der Waals surface area contributed by atoms with Gasteiger partial charge in [0.15, 0.2) is 6.61 Å². The zero-order valence-electron chi connectivity index (χ0n) is 8.82. The smallest absolute Gasteiger partial charge is 0.408 e. The van der Waals surface area contributed by atoms with Gasteiger partial charge in [0.2, 0.25) is 0 Å². The lowest BCUT2D eigenvalue weighted by atomic mass is 9.99. The van der Waals surface area contributed by atoms with Gasteiger partial charge in [0.1, 0.15) is 11.8 Å². The molecule has 8 heteroatoms. The van der Waals surface area contributed by atoms with Gasteiger partial charge in [-0.25, -0.2) is 13.6 Å². The highest BCUT2D eigenvalue weighted by Gasteiger charge is 2.47. The van der Waals surface area contributed by atoms with Crippen LogP contribution < -0.4 is 5.32 Å². The van der Waals surface area contributed by atoms with Crippen LogP contribution in [0, 0.1) is 0 Å². The molecule has 0 bridgehead atoms. The monoisotopic (exact) mass is 299 g/mol. The second-order valence-electron chi connectivity index (χ2n) is 3.59. The van der Waals surface area contributed by atoms with E-state index in [1.165, 1.54) is 18.2 Å². The van der Waals surface area contributed by atoms with E-state index in [0.717, 1.165) is 0 Å². The molecule has 18 heavy (non-hydrogen) atoms. The van der Waals surface area contributed by atoms with Crippen LogP contribution in [0.1, 0.15) is 11.6 Å². The molecule has 1 amide bonds. The quantitative estimate of drug-likeness (QED) is 0.838. The van der Waals surface area contributed by atoms with Crippen molar-refractivity contribution in [2.45, 2.75) is 12.0 Å². The van der Waals surface area contributed by atoms with E-state index in [2.05, 4.69) is 4.74 Å². The molecular weight excluding hydrogens is 291 g/mol. The molecule has 0 saturated carbocycles. The molecular formula is C10H9Cl2F2NO3. The highest BCUT2D eigenvalue weighted by atomic mass is 35.5. The van der Waals surface area contributed by atoms with Gasteiger partial charge in [-0.3, -0.25) is 0 Å². The average Bonchev–Trinajstić information content (AvgIpc) is 2.26. The summed E-state index contributed by atoms with van der Waals surface area (Å²) >= 11 is 5.62. The van der Waals surface area contributed by atoms with Crippen molar-refractivity contribution in [3.8, 4) is 5.75 Å². The molecule has 0 aromatic heterocycles. The number of alkyl carbamates (subject to hydrolysis) is 1. The standard InChI is InChI=1S/C10H8ClF2NO3.ClH/c11-6-3-1-2-5(7(6)15)8-10(12,13)4-17-9(16)14-8;/h1-3,8,15H,4H2,(H,14,16);1H/t8-;/m1./s1. The third-order valence-corrected chi connectivity index (χ3v) is 2.71. The number of rotatable bonds is 1. The molecule has 4 nitrogen and oxygen atoms in total. The SMILES string of the molecule is Cl.O=C1N[C@H](c2cccc(Cl)c2O)C(F)(F)CO1. The average molecular weight is 300 g/mol. The highest BCUT2D eigenvalue weighted by Crippen LogP contribution is 2.40. The van der Waals surface area contributed by atoms with Gasteiger partial charge in [-0.1, -0.05) is 23.7 Å². The number of para-hydroxylation sites is 1. The Morgan fingerprint density at radius 3 is 2.83 bits per heavy atom. The van der Waals surface area contributed by atoms with Crippen LogP contribution in [0.15, 0.2) is 18.2 Å². The lowest BCUT2D eigenvalue weighted by molar-refractivity contribution is -0.104. The summed E-state index contributed by atoms with van der Waals surface area (Å²) in [5.41, 5.74) is -0.140. The van der Waals surface area contributed by atoms with Gasteiger partial charge in [-0.05, 0) is 6.07 Å². The summed E-state index contributed by atoms with van der Waals surface area (Å²) in [6.07, 6.45) is -0.958. The molecule has 100 valence electrons. The number of carbonyl (C=O) groups excluding carboxylic acids is 1. The number of cyclic esters (lactones) is 1. The molecule has 1 saturated heterocycles. The number of hydrogen-bond donors (Lipinski definition) is 2. The summed E-state index contributed by atoms with van der Waals surface area (Å²) in [6, 6.07) is 2.39. The van der Waals surface area contributed by atoms with Gasteiger partial charge in [-0.2, -0.15) is 0 Å². The van der Waals surface area contributed by atoms with Crippen molar-refractivity contribution >= 4 is 30.1 Å². The van der Waals surface area contributed by atoms with Gasteiger partial charge in [0.25, 0.3) is 0 Å². The van der Waals surface area contributed by atoms with E-state index in [0.29, 0.717) is 0 Å². The Kier molecular flexibility index (Phi) is 4.24. The third kappa shape index (κ3) is 2.59. The second-order valence-corrected chi connectivity index (χ2v) is 4.00. The summed E-state index contributed by atoms with van der Waals surface area (Å²) < 4.78 is 31.3. The summed E-state index contributed by atoms with van der Waals surface area (Å²) in [6.45, 7) is -1.03. The van der Waals surface area contributed by atoms with Crippen LogP contribution in [0.4, 0.5) is 13.6 Å². The van der Waals surface area contributed by atoms with Gasteiger partial charge in [0, 0.05) is 5.56 Å². The Labute approximate surface area is 112 Å². The number of aromatic hydroxyl groups is 1. The van der Waals surface area contributed by atoms with E-state index >= 15 is 0 Å². The Morgan fingerprint density at radius 2 is 2.17 bits per heavy atom. The number of halogens is 4. The van der Waals surface area contributed by atoms with E-state index < -0.39 is 30.4 Å². The Bertz CT molecular complexity index is 470. The first-order valence-electron chi connectivity index (χ1n) is 4.70. The predicted octanol–water partition coefficient (Wildman–Crippen LogP) is 2.88. The normalized spacial score (nSPS) is 21.5. The maximum Gasteiger partial charge on any atom is 0.408 e. The highest BCUT2D eigenvalue weighted by molar-refractivity contribution is 6.32. The van der Waals surface area contributed by atoms with E-state index in [4.69, 9.17) is 11.6 Å². The minimum Gasteiger partial charge on any atom is -0.506 e. The molecule has 0 unspecified atom stereocenters. The number of alkyl halides is 2. The Hall–Kier alpha value is -1.27. The number of nitrogens with one attached hydrogen (secondary N) is 1.